The van der Waals surface area contributed by atoms with Crippen molar-refractivity contribution in [2.45, 2.75) is 24.9 Å². The van der Waals surface area contributed by atoms with Gasteiger partial charge in [0.15, 0.2) is 21.3 Å². The highest BCUT2D eigenvalue weighted by Crippen LogP contribution is 2.31. The molecule has 0 saturated carbocycles. The molecule has 0 aliphatic carbocycles. The molecule has 208 valence electrons. The number of aldehydes is 1. The molecule has 1 aliphatic rings. The molecule has 5 heterocycles. The smallest absolute Gasteiger partial charge is 0.381 e. The molecule has 4 aromatic heterocycles. The van der Waals surface area contributed by atoms with Crippen LogP contribution in [0.3, 0.4) is 0 Å². The van der Waals surface area contributed by atoms with Gasteiger partial charge in [-0.3, -0.25) is 14.0 Å². The summed E-state index contributed by atoms with van der Waals surface area (Å²) in [6, 6.07) is 3.45. The molecular weight excluding hydrogens is 565 g/mol. The molecule has 1 aliphatic heterocycles. The van der Waals surface area contributed by atoms with Crippen molar-refractivity contribution in [3.05, 3.63) is 53.2 Å². The highest BCUT2D eigenvalue weighted by molar-refractivity contribution is 7.92. The summed E-state index contributed by atoms with van der Waals surface area (Å²) in [4.78, 5) is 32.1. The molecule has 1 fully saturated rings. The third kappa shape index (κ3) is 5.90. The molecule has 4 aromatic rings. The maximum absolute atomic E-state index is 13.0. The minimum Gasteiger partial charge on any atom is -0.381 e. The summed E-state index contributed by atoms with van der Waals surface area (Å²) in [6.45, 7) is 2.48. The molecule has 39 heavy (non-hydrogen) atoms. The van der Waals surface area contributed by atoms with E-state index in [-0.39, 0.29) is 23.7 Å². The lowest BCUT2D eigenvalue weighted by molar-refractivity contribution is -0.156. The molecule has 1 unspecified atom stereocenters. The summed E-state index contributed by atoms with van der Waals surface area (Å²) < 4.78 is 59.0. The Bertz CT molecular complexity index is 1650. The third-order valence-electron chi connectivity index (χ3n) is 5.96. The molecule has 0 aromatic carbocycles. The van der Waals surface area contributed by atoms with Crippen LogP contribution in [0.15, 0.2) is 37.1 Å². The Balaban J connectivity index is 0.000000531. The predicted octanol–water partition coefficient (Wildman–Crippen LogP) is 1.91. The number of hydrogen-bond acceptors (Lipinski definition) is 9. The van der Waals surface area contributed by atoms with Gasteiger partial charge in [0.25, 0.3) is 5.91 Å². The van der Waals surface area contributed by atoms with Crippen LogP contribution < -0.4 is 16.0 Å². The average molecular weight is 587 g/mol. The number of sulfone groups is 1. The lowest BCUT2D eigenvalue weighted by Crippen LogP contribution is -2.46. The molecule has 0 spiro atoms. The minimum atomic E-state index is -4.64. The normalized spacial score (nSPS) is 17.1. The number of pyridine rings is 1. The second kappa shape index (κ2) is 10.7. The van der Waals surface area contributed by atoms with Gasteiger partial charge in [0, 0.05) is 37.6 Å². The highest BCUT2D eigenvalue weighted by atomic mass is 35.5. The minimum absolute atomic E-state index is 0.0450. The van der Waals surface area contributed by atoms with Crippen molar-refractivity contribution in [1.82, 2.24) is 29.3 Å². The van der Waals surface area contributed by atoms with Crippen molar-refractivity contribution >= 4 is 56.4 Å². The van der Waals surface area contributed by atoms with Crippen LogP contribution in [0, 0.1) is 0 Å². The van der Waals surface area contributed by atoms with Gasteiger partial charge in [0.2, 0.25) is 6.29 Å². The maximum atomic E-state index is 13.0. The SMILES string of the molecule is CC1CN(c2c(CNC(=O)c3c(N)nn4cccnc34)cc(Cl)c3cncn23)CCS1(=O)=O.O=CC(F)(F)F. The Morgan fingerprint density at radius 2 is 2.08 bits per heavy atom. The number of hydrogen-bond donors (Lipinski definition) is 2. The van der Waals surface area contributed by atoms with Gasteiger partial charge in [-0.2, -0.15) is 13.2 Å². The number of imidazole rings is 1. The Kier molecular flexibility index (Phi) is 7.70. The second-order valence-corrected chi connectivity index (χ2v) is 11.5. The molecule has 0 radical (unpaired) electrons. The molecule has 3 N–H and O–H groups in total. The number of aromatic nitrogens is 5. The number of nitrogens with two attached hydrogens (primary N) is 1. The molecule has 17 heteroatoms. The van der Waals surface area contributed by atoms with Gasteiger partial charge in [0.1, 0.15) is 17.7 Å². The van der Waals surface area contributed by atoms with E-state index in [9.17, 15) is 26.4 Å². The van der Waals surface area contributed by atoms with E-state index < -0.39 is 33.5 Å². The predicted molar refractivity (Wildman–Crippen MR) is 136 cm³/mol. The zero-order valence-electron chi connectivity index (χ0n) is 20.3. The average Bonchev–Trinajstić information content (AvgIpc) is 3.49. The van der Waals surface area contributed by atoms with Gasteiger partial charge in [-0.05, 0) is 19.1 Å². The van der Waals surface area contributed by atoms with Crippen LogP contribution in [0.2, 0.25) is 5.02 Å². The van der Waals surface area contributed by atoms with Crippen LogP contribution in [0.5, 0.6) is 0 Å². The summed E-state index contributed by atoms with van der Waals surface area (Å²) in [5, 5.41) is 6.95. The van der Waals surface area contributed by atoms with Crippen molar-refractivity contribution in [2.75, 3.05) is 29.5 Å². The van der Waals surface area contributed by atoms with Gasteiger partial charge in [-0.15, -0.1) is 5.10 Å². The fraction of sp³-hybridized carbons (Fsp3) is 0.318. The standard InChI is InChI=1S/C20H21ClN8O3S.C2HF3O/c1-12-10-27(5-6-33(12,31)32)20-13(7-14(21)15-9-23-11-28(15)20)8-25-19(30)16-17(22)26-29-4-2-3-24-18(16)29;3-2(4,5)1-6/h2-4,7,9,11-12H,5-6,8,10H2,1H3,(H2,22,26)(H,25,30);1H. The number of nitrogens with one attached hydrogen (secondary N) is 1. The van der Waals surface area contributed by atoms with Gasteiger partial charge in [0.05, 0.1) is 27.7 Å². The number of alkyl halides is 3. The summed E-state index contributed by atoms with van der Waals surface area (Å²) in [6.07, 6.45) is 0.787. The van der Waals surface area contributed by atoms with E-state index in [0.29, 0.717) is 34.8 Å². The molecule has 1 saturated heterocycles. The lowest BCUT2D eigenvalue weighted by Gasteiger charge is -2.34. The number of amides is 1. The zero-order valence-corrected chi connectivity index (χ0v) is 21.8. The van der Waals surface area contributed by atoms with E-state index in [4.69, 9.17) is 22.1 Å². The number of nitrogens with zero attached hydrogens (tertiary/aromatic N) is 6. The Morgan fingerprint density at radius 1 is 1.36 bits per heavy atom. The number of carbonyl (C=O) groups excluding carboxylic acids is 2. The van der Waals surface area contributed by atoms with Crippen molar-refractivity contribution in [1.29, 1.82) is 0 Å². The van der Waals surface area contributed by atoms with Crippen molar-refractivity contribution in [2.24, 2.45) is 0 Å². The van der Waals surface area contributed by atoms with Crippen LogP contribution in [0.1, 0.15) is 22.8 Å². The monoisotopic (exact) mass is 586 g/mol. The fourth-order valence-electron chi connectivity index (χ4n) is 4.10. The molecule has 12 nitrogen and oxygen atoms in total. The summed E-state index contributed by atoms with van der Waals surface area (Å²) >= 11 is 6.48. The van der Waals surface area contributed by atoms with Crippen molar-refractivity contribution in [3.63, 3.8) is 0 Å². The van der Waals surface area contributed by atoms with Crippen LogP contribution in [-0.2, 0) is 21.2 Å². The van der Waals surface area contributed by atoms with E-state index >= 15 is 0 Å². The second-order valence-electron chi connectivity index (χ2n) is 8.60. The number of rotatable bonds is 4. The quantitative estimate of drug-likeness (QED) is 0.341. The zero-order chi connectivity index (χ0) is 28.5. The molecule has 1 amide bonds. The number of halogens is 4. The molecular formula is C22H22ClF3N8O4S. The van der Waals surface area contributed by atoms with Crippen LogP contribution in [0.25, 0.3) is 11.2 Å². The van der Waals surface area contributed by atoms with Crippen molar-refractivity contribution < 1.29 is 31.2 Å². The van der Waals surface area contributed by atoms with Crippen LogP contribution in [0.4, 0.5) is 24.8 Å². The van der Waals surface area contributed by atoms with E-state index in [2.05, 4.69) is 20.4 Å². The highest BCUT2D eigenvalue weighted by Gasteiger charge is 2.32. The van der Waals surface area contributed by atoms with Crippen molar-refractivity contribution in [3.8, 4) is 0 Å². The first-order chi connectivity index (χ1) is 18.3. The first-order valence-electron chi connectivity index (χ1n) is 11.3. The Hall–Kier alpha value is -3.92. The van der Waals surface area contributed by atoms with Gasteiger partial charge >= 0.3 is 6.18 Å². The molecule has 1 atom stereocenters. The van der Waals surface area contributed by atoms with Crippen LogP contribution >= 0.6 is 11.6 Å². The first kappa shape index (κ1) is 28.1. The van der Waals surface area contributed by atoms with Gasteiger partial charge in [-0.25, -0.2) is 22.9 Å². The maximum Gasteiger partial charge on any atom is 0.446 e. The Morgan fingerprint density at radius 3 is 2.74 bits per heavy atom. The topological polar surface area (TPSA) is 157 Å². The van der Waals surface area contributed by atoms with E-state index in [1.165, 1.54) is 4.52 Å². The number of fused-ring (bicyclic) bond motifs is 2. The number of carbonyl (C=O) groups is 2. The molecule has 5 rings (SSSR count). The summed E-state index contributed by atoms with van der Waals surface area (Å²) in [7, 11) is -3.14. The molecule has 0 bridgehead atoms. The van der Waals surface area contributed by atoms with Crippen LogP contribution in [-0.4, -0.2) is 74.9 Å². The number of anilines is 2. The van der Waals surface area contributed by atoms with E-state index in [1.807, 2.05) is 9.30 Å². The first-order valence-corrected chi connectivity index (χ1v) is 13.4. The summed E-state index contributed by atoms with van der Waals surface area (Å²) in [5.74, 6) is 0.428. The van der Waals surface area contributed by atoms with E-state index in [1.54, 1.807) is 44.0 Å². The van der Waals surface area contributed by atoms with Gasteiger partial charge < -0.3 is 16.0 Å². The number of nitrogen functional groups attached to an aromatic ring is 1. The fourth-order valence-corrected chi connectivity index (χ4v) is 5.66. The third-order valence-corrected chi connectivity index (χ3v) is 8.39. The summed E-state index contributed by atoms with van der Waals surface area (Å²) in [5.41, 5.74) is 7.91. The Labute approximate surface area is 224 Å². The van der Waals surface area contributed by atoms with Gasteiger partial charge in [-0.1, -0.05) is 11.6 Å². The lowest BCUT2D eigenvalue weighted by atomic mass is 10.2. The largest absolute Gasteiger partial charge is 0.446 e. The van der Waals surface area contributed by atoms with E-state index in [0.717, 1.165) is 5.82 Å².